The van der Waals surface area contributed by atoms with Crippen molar-refractivity contribution in [3.63, 3.8) is 0 Å². The molecule has 0 aliphatic heterocycles. The van der Waals surface area contributed by atoms with E-state index in [0.717, 1.165) is 63.0 Å². The molecule has 0 spiro atoms. The SMILES string of the molecule is C=C/C=C(\C=C/CCc1ccc2[nH]c3c(ccc4nc(-c5ccccc5)oc43)c2c1)N(c1ccccc1)c1ccccc1. The van der Waals surface area contributed by atoms with Crippen LogP contribution < -0.4 is 4.90 Å². The molecule has 0 saturated heterocycles. The summed E-state index contributed by atoms with van der Waals surface area (Å²) >= 11 is 0. The van der Waals surface area contributed by atoms with Gasteiger partial charge < -0.3 is 14.3 Å². The van der Waals surface area contributed by atoms with E-state index in [9.17, 15) is 0 Å². The van der Waals surface area contributed by atoms with Gasteiger partial charge in [-0.2, -0.15) is 0 Å². The maximum atomic E-state index is 6.26. The third-order valence-electron chi connectivity index (χ3n) is 7.68. The summed E-state index contributed by atoms with van der Waals surface area (Å²) in [4.78, 5) is 10.6. The Hall–Kier alpha value is -5.61. The van der Waals surface area contributed by atoms with Crippen molar-refractivity contribution in [2.24, 2.45) is 0 Å². The highest BCUT2D eigenvalue weighted by molar-refractivity contribution is 6.15. The number of para-hydroxylation sites is 2. The molecule has 0 amide bonds. The summed E-state index contributed by atoms with van der Waals surface area (Å²) in [5.41, 5.74) is 9.26. The first-order chi connectivity index (χ1) is 21.3. The lowest BCUT2D eigenvalue weighted by molar-refractivity contribution is 0.622. The fraction of sp³-hybridized carbons (Fsp3) is 0.0513. The van der Waals surface area contributed by atoms with Gasteiger partial charge in [0.2, 0.25) is 5.89 Å². The molecule has 0 aliphatic carbocycles. The van der Waals surface area contributed by atoms with Crippen molar-refractivity contribution >= 4 is 44.3 Å². The van der Waals surface area contributed by atoms with Crippen LogP contribution in [0.25, 0.3) is 44.4 Å². The van der Waals surface area contributed by atoms with Crippen LogP contribution in [0.3, 0.4) is 0 Å². The molecule has 0 aliphatic rings. The second-order valence-corrected chi connectivity index (χ2v) is 10.5. The first-order valence-corrected chi connectivity index (χ1v) is 14.6. The molecule has 2 aromatic heterocycles. The molecular formula is C39H31N3O. The number of hydrogen-bond donors (Lipinski definition) is 1. The molecule has 0 saturated carbocycles. The van der Waals surface area contributed by atoms with Gasteiger partial charge in [-0.25, -0.2) is 4.98 Å². The Morgan fingerprint density at radius 1 is 0.791 bits per heavy atom. The van der Waals surface area contributed by atoms with Gasteiger partial charge in [-0.05, 0) is 91.2 Å². The lowest BCUT2D eigenvalue weighted by Gasteiger charge is -2.26. The van der Waals surface area contributed by atoms with Crippen molar-refractivity contribution in [2.45, 2.75) is 12.8 Å². The van der Waals surface area contributed by atoms with Crippen molar-refractivity contribution in [3.05, 3.63) is 163 Å². The minimum Gasteiger partial charge on any atom is -0.434 e. The van der Waals surface area contributed by atoms with Gasteiger partial charge in [0.15, 0.2) is 5.58 Å². The van der Waals surface area contributed by atoms with Crippen LogP contribution in [0.4, 0.5) is 11.4 Å². The summed E-state index contributed by atoms with van der Waals surface area (Å²) in [6.07, 6.45) is 10.2. The highest BCUT2D eigenvalue weighted by atomic mass is 16.3. The zero-order valence-corrected chi connectivity index (χ0v) is 23.8. The number of rotatable bonds is 9. The van der Waals surface area contributed by atoms with Crippen molar-refractivity contribution in [2.75, 3.05) is 4.90 Å². The third kappa shape index (κ3) is 5.27. The van der Waals surface area contributed by atoms with E-state index < -0.39 is 0 Å². The first kappa shape index (κ1) is 26.3. The maximum absolute atomic E-state index is 6.26. The molecule has 0 radical (unpaired) electrons. The van der Waals surface area contributed by atoms with E-state index in [4.69, 9.17) is 9.40 Å². The average molecular weight is 558 g/mol. The fourth-order valence-corrected chi connectivity index (χ4v) is 5.64. The highest BCUT2D eigenvalue weighted by Gasteiger charge is 2.15. The first-order valence-electron chi connectivity index (χ1n) is 14.6. The number of fused-ring (bicyclic) bond motifs is 5. The molecule has 0 atom stereocenters. The van der Waals surface area contributed by atoms with Crippen LogP contribution in [0.15, 0.2) is 162 Å². The van der Waals surface area contributed by atoms with E-state index in [2.05, 4.69) is 114 Å². The van der Waals surface area contributed by atoms with Gasteiger partial charge in [0.05, 0.1) is 5.52 Å². The van der Waals surface area contributed by atoms with Crippen LogP contribution in [-0.2, 0) is 6.42 Å². The van der Waals surface area contributed by atoms with E-state index in [1.165, 1.54) is 10.9 Å². The van der Waals surface area contributed by atoms with Gasteiger partial charge in [-0.15, -0.1) is 0 Å². The normalized spacial score (nSPS) is 12.0. The van der Waals surface area contributed by atoms with Crippen molar-refractivity contribution in [3.8, 4) is 11.5 Å². The molecule has 5 aromatic carbocycles. The Balaban J connectivity index is 1.14. The quantitative estimate of drug-likeness (QED) is 0.180. The summed E-state index contributed by atoms with van der Waals surface area (Å²) in [6.45, 7) is 3.98. The van der Waals surface area contributed by atoms with E-state index in [1.54, 1.807) is 0 Å². The fourth-order valence-electron chi connectivity index (χ4n) is 5.64. The van der Waals surface area contributed by atoms with Crippen molar-refractivity contribution in [1.29, 1.82) is 0 Å². The van der Waals surface area contributed by atoms with Crippen LogP contribution in [0, 0.1) is 0 Å². The standard InChI is InChI=1S/C39H31N3O/c1-2-14-30(42(31-18-8-4-9-19-31)32-20-10-5-11-21-32)22-13-12-15-28-23-25-35-34(27-28)33-24-26-36-38(37(33)40-35)43-39(41-36)29-16-6-3-7-17-29/h2-11,13-14,16-27,40H,1,12,15H2/b22-13-,30-14+. The van der Waals surface area contributed by atoms with Crippen LogP contribution in [0.2, 0.25) is 0 Å². The van der Waals surface area contributed by atoms with Gasteiger partial charge in [0, 0.05) is 38.9 Å². The molecule has 1 N–H and O–H groups in total. The summed E-state index contributed by atoms with van der Waals surface area (Å²) in [5.74, 6) is 0.636. The number of allylic oxidation sites excluding steroid dienone is 4. The van der Waals surface area contributed by atoms with Crippen molar-refractivity contribution < 1.29 is 4.42 Å². The second-order valence-electron chi connectivity index (χ2n) is 10.5. The van der Waals surface area contributed by atoms with Gasteiger partial charge in [-0.3, -0.25) is 0 Å². The molecule has 208 valence electrons. The highest BCUT2D eigenvalue weighted by Crippen LogP contribution is 2.34. The second kappa shape index (κ2) is 11.7. The minimum atomic E-state index is 0.636. The number of nitrogens with zero attached hydrogens (tertiary/aromatic N) is 2. The number of benzene rings is 5. The average Bonchev–Trinajstić information content (AvgIpc) is 3.66. The Morgan fingerprint density at radius 3 is 2.19 bits per heavy atom. The summed E-state index contributed by atoms with van der Waals surface area (Å²) < 4.78 is 6.26. The lowest BCUT2D eigenvalue weighted by atomic mass is 10.0. The third-order valence-corrected chi connectivity index (χ3v) is 7.68. The van der Waals surface area contributed by atoms with Crippen LogP contribution in [0.1, 0.15) is 12.0 Å². The number of nitrogens with one attached hydrogen (secondary N) is 1. The van der Waals surface area contributed by atoms with Crippen LogP contribution in [0.5, 0.6) is 0 Å². The Labute approximate surface area is 250 Å². The Bertz CT molecular complexity index is 2050. The molecule has 0 bridgehead atoms. The number of hydrogen-bond acceptors (Lipinski definition) is 3. The van der Waals surface area contributed by atoms with Crippen molar-refractivity contribution in [1.82, 2.24) is 9.97 Å². The summed E-state index contributed by atoms with van der Waals surface area (Å²) in [7, 11) is 0. The molecule has 4 nitrogen and oxygen atoms in total. The molecular weight excluding hydrogens is 526 g/mol. The predicted octanol–water partition coefficient (Wildman–Crippen LogP) is 10.5. The molecule has 7 aromatic rings. The van der Waals surface area contributed by atoms with Gasteiger partial charge in [0.25, 0.3) is 0 Å². The topological polar surface area (TPSA) is 45.1 Å². The summed E-state index contributed by atoms with van der Waals surface area (Å²) in [5, 5.41) is 2.34. The lowest BCUT2D eigenvalue weighted by Crippen LogP contribution is -2.14. The molecule has 0 fully saturated rings. The zero-order chi connectivity index (χ0) is 29.0. The van der Waals surface area contributed by atoms with E-state index in [-0.39, 0.29) is 0 Å². The molecule has 2 heterocycles. The Kier molecular flexibility index (Phi) is 7.16. The van der Waals surface area contributed by atoms with Gasteiger partial charge in [0.1, 0.15) is 5.52 Å². The molecule has 7 rings (SSSR count). The smallest absolute Gasteiger partial charge is 0.227 e. The van der Waals surface area contributed by atoms with E-state index >= 15 is 0 Å². The number of anilines is 2. The van der Waals surface area contributed by atoms with Gasteiger partial charge >= 0.3 is 0 Å². The van der Waals surface area contributed by atoms with E-state index in [1.807, 2.05) is 48.5 Å². The Morgan fingerprint density at radius 2 is 1.49 bits per heavy atom. The largest absolute Gasteiger partial charge is 0.434 e. The molecule has 43 heavy (non-hydrogen) atoms. The van der Waals surface area contributed by atoms with Crippen LogP contribution in [-0.4, -0.2) is 9.97 Å². The number of aryl methyl sites for hydroxylation is 1. The monoisotopic (exact) mass is 557 g/mol. The molecule has 4 heteroatoms. The number of oxazole rings is 1. The predicted molar refractivity (Wildman–Crippen MR) is 180 cm³/mol. The van der Waals surface area contributed by atoms with Crippen LogP contribution >= 0.6 is 0 Å². The minimum absolute atomic E-state index is 0.636. The maximum Gasteiger partial charge on any atom is 0.227 e. The van der Waals surface area contributed by atoms with E-state index in [0.29, 0.717) is 5.89 Å². The zero-order valence-electron chi connectivity index (χ0n) is 23.8. The number of aromatic nitrogens is 2. The number of H-pyrrole nitrogens is 1. The van der Waals surface area contributed by atoms with Gasteiger partial charge in [-0.1, -0.05) is 79.4 Å². The summed E-state index contributed by atoms with van der Waals surface area (Å²) in [6, 6.07) is 41.8. The number of aromatic amines is 1. The molecule has 0 unspecified atom stereocenters.